The van der Waals surface area contributed by atoms with Crippen LogP contribution in [-0.4, -0.2) is 18.2 Å². The minimum Gasteiger partial charge on any atom is -0.488 e. The van der Waals surface area contributed by atoms with Crippen molar-refractivity contribution in [2.45, 2.75) is 64.5 Å². The lowest BCUT2D eigenvalue weighted by Crippen LogP contribution is -2.32. The van der Waals surface area contributed by atoms with Gasteiger partial charge in [-0.2, -0.15) is 0 Å². The Morgan fingerprint density at radius 1 is 1.16 bits per heavy atom. The molecule has 0 saturated heterocycles. The van der Waals surface area contributed by atoms with Crippen LogP contribution in [-0.2, 0) is 5.41 Å². The van der Waals surface area contributed by atoms with Crippen LogP contribution in [0.15, 0.2) is 24.3 Å². The van der Waals surface area contributed by atoms with Gasteiger partial charge in [0.1, 0.15) is 11.4 Å². The zero-order chi connectivity index (χ0) is 14.1. The Balaban J connectivity index is 2.02. The Kier molecular flexibility index (Phi) is 3.91. The fraction of sp³-hybridized carbons (Fsp3) is 0.647. The van der Waals surface area contributed by atoms with E-state index in [4.69, 9.17) is 4.74 Å². The number of benzene rings is 1. The highest BCUT2D eigenvalue weighted by atomic mass is 16.5. The maximum absolute atomic E-state index is 5.87. The fourth-order valence-electron chi connectivity index (χ4n) is 2.35. The summed E-state index contributed by atoms with van der Waals surface area (Å²) in [6.07, 6.45) is 2.60. The van der Waals surface area contributed by atoms with E-state index in [-0.39, 0.29) is 5.60 Å². The first-order valence-electron chi connectivity index (χ1n) is 7.34. The summed E-state index contributed by atoms with van der Waals surface area (Å²) in [6.45, 7) is 11.7. The van der Waals surface area contributed by atoms with E-state index >= 15 is 0 Å². The van der Waals surface area contributed by atoms with Crippen LogP contribution in [0.1, 0.15) is 53.0 Å². The SMILES string of the molecule is CC(C)NCC1(c2ccc(OC(C)(C)C)cc2)CC1. The fourth-order valence-corrected chi connectivity index (χ4v) is 2.35. The van der Waals surface area contributed by atoms with Gasteiger partial charge in [-0.05, 0) is 51.3 Å². The lowest BCUT2D eigenvalue weighted by molar-refractivity contribution is 0.131. The largest absolute Gasteiger partial charge is 0.488 e. The molecule has 1 aliphatic carbocycles. The van der Waals surface area contributed by atoms with Crippen LogP contribution in [0.4, 0.5) is 0 Å². The molecule has 106 valence electrons. The highest BCUT2D eigenvalue weighted by Gasteiger charge is 2.43. The molecule has 2 heteroatoms. The second-order valence-electron chi connectivity index (χ2n) is 7.05. The molecule has 0 aromatic heterocycles. The highest BCUT2D eigenvalue weighted by Crippen LogP contribution is 2.48. The second-order valence-corrected chi connectivity index (χ2v) is 7.05. The Bertz CT molecular complexity index is 410. The Hall–Kier alpha value is -1.02. The molecule has 0 spiro atoms. The average molecular weight is 261 g/mol. The van der Waals surface area contributed by atoms with Gasteiger partial charge in [-0.25, -0.2) is 0 Å². The summed E-state index contributed by atoms with van der Waals surface area (Å²) in [5.74, 6) is 0.962. The first-order valence-corrected chi connectivity index (χ1v) is 7.34. The molecule has 0 radical (unpaired) electrons. The van der Waals surface area contributed by atoms with Crippen LogP contribution in [0.5, 0.6) is 5.75 Å². The molecule has 19 heavy (non-hydrogen) atoms. The summed E-state index contributed by atoms with van der Waals surface area (Å²) in [4.78, 5) is 0. The molecule has 1 N–H and O–H groups in total. The minimum atomic E-state index is -0.127. The zero-order valence-corrected chi connectivity index (χ0v) is 12.9. The molecule has 1 aromatic carbocycles. The maximum Gasteiger partial charge on any atom is 0.120 e. The Labute approximate surface area is 117 Å². The average Bonchev–Trinajstić information content (AvgIpc) is 3.06. The smallest absolute Gasteiger partial charge is 0.120 e. The molecule has 0 heterocycles. The van der Waals surface area contributed by atoms with Crippen LogP contribution in [0.25, 0.3) is 0 Å². The monoisotopic (exact) mass is 261 g/mol. The van der Waals surface area contributed by atoms with Crippen molar-refractivity contribution in [1.29, 1.82) is 0 Å². The summed E-state index contributed by atoms with van der Waals surface area (Å²) in [6, 6.07) is 9.24. The molecule has 0 unspecified atom stereocenters. The van der Waals surface area contributed by atoms with Crippen molar-refractivity contribution in [3.05, 3.63) is 29.8 Å². The maximum atomic E-state index is 5.87. The first kappa shape index (κ1) is 14.4. The van der Waals surface area contributed by atoms with Gasteiger partial charge in [0.15, 0.2) is 0 Å². The summed E-state index contributed by atoms with van der Waals surface area (Å²) in [7, 11) is 0. The van der Waals surface area contributed by atoms with E-state index in [1.54, 1.807) is 0 Å². The molecule has 1 saturated carbocycles. The van der Waals surface area contributed by atoms with E-state index in [9.17, 15) is 0 Å². The number of nitrogens with one attached hydrogen (secondary N) is 1. The topological polar surface area (TPSA) is 21.3 Å². The summed E-state index contributed by atoms with van der Waals surface area (Å²) in [5.41, 5.74) is 1.70. The normalized spacial score (nSPS) is 17.6. The van der Waals surface area contributed by atoms with Gasteiger partial charge in [0.25, 0.3) is 0 Å². The molecule has 0 aliphatic heterocycles. The molecule has 1 aliphatic rings. The number of rotatable bonds is 5. The van der Waals surface area contributed by atoms with Crippen molar-refractivity contribution < 1.29 is 4.74 Å². The standard InChI is InChI=1S/C17H27NO/c1-13(2)18-12-17(10-11-17)14-6-8-15(9-7-14)19-16(3,4)5/h6-9,13,18H,10-12H2,1-5H3. The van der Waals surface area contributed by atoms with Crippen molar-refractivity contribution in [2.75, 3.05) is 6.54 Å². The van der Waals surface area contributed by atoms with Crippen molar-refractivity contribution >= 4 is 0 Å². The number of hydrogen-bond acceptors (Lipinski definition) is 2. The predicted octanol–water partition coefficient (Wildman–Crippen LogP) is 3.89. The van der Waals surface area contributed by atoms with Crippen LogP contribution >= 0.6 is 0 Å². The van der Waals surface area contributed by atoms with Crippen LogP contribution < -0.4 is 10.1 Å². The number of ether oxygens (including phenoxy) is 1. The van der Waals surface area contributed by atoms with E-state index in [1.165, 1.54) is 18.4 Å². The summed E-state index contributed by atoms with van der Waals surface area (Å²) >= 11 is 0. The van der Waals surface area contributed by atoms with Gasteiger partial charge in [0.05, 0.1) is 0 Å². The Morgan fingerprint density at radius 2 is 1.74 bits per heavy atom. The van der Waals surface area contributed by atoms with Gasteiger partial charge in [-0.3, -0.25) is 0 Å². The van der Waals surface area contributed by atoms with Crippen LogP contribution in [0.3, 0.4) is 0 Å². The Morgan fingerprint density at radius 3 is 2.16 bits per heavy atom. The van der Waals surface area contributed by atoms with Crippen LogP contribution in [0.2, 0.25) is 0 Å². The quantitative estimate of drug-likeness (QED) is 0.868. The molecular weight excluding hydrogens is 234 g/mol. The second kappa shape index (κ2) is 5.16. The molecule has 2 rings (SSSR count). The van der Waals surface area contributed by atoms with Gasteiger partial charge in [-0.15, -0.1) is 0 Å². The molecule has 0 atom stereocenters. The minimum absolute atomic E-state index is 0.127. The first-order chi connectivity index (χ1) is 8.81. The lowest BCUT2D eigenvalue weighted by Gasteiger charge is -2.22. The van der Waals surface area contributed by atoms with E-state index in [2.05, 4.69) is 64.2 Å². The van der Waals surface area contributed by atoms with Crippen molar-refractivity contribution in [2.24, 2.45) is 0 Å². The van der Waals surface area contributed by atoms with E-state index in [1.807, 2.05) is 0 Å². The summed E-state index contributed by atoms with van der Waals surface area (Å²) < 4.78 is 5.87. The lowest BCUT2D eigenvalue weighted by atomic mass is 9.95. The van der Waals surface area contributed by atoms with Gasteiger partial charge in [0, 0.05) is 18.0 Å². The third-order valence-electron chi connectivity index (χ3n) is 3.59. The van der Waals surface area contributed by atoms with Gasteiger partial charge < -0.3 is 10.1 Å². The zero-order valence-electron chi connectivity index (χ0n) is 12.9. The van der Waals surface area contributed by atoms with E-state index < -0.39 is 0 Å². The molecule has 1 aromatic rings. The van der Waals surface area contributed by atoms with Crippen molar-refractivity contribution in [3.8, 4) is 5.75 Å². The molecule has 1 fully saturated rings. The van der Waals surface area contributed by atoms with Gasteiger partial charge in [0.2, 0.25) is 0 Å². The van der Waals surface area contributed by atoms with Crippen LogP contribution in [0, 0.1) is 0 Å². The third-order valence-corrected chi connectivity index (χ3v) is 3.59. The molecule has 2 nitrogen and oxygen atoms in total. The van der Waals surface area contributed by atoms with E-state index in [0.29, 0.717) is 11.5 Å². The molecular formula is C17H27NO. The van der Waals surface area contributed by atoms with E-state index in [0.717, 1.165) is 12.3 Å². The predicted molar refractivity (Wildman–Crippen MR) is 80.9 cm³/mol. The summed E-state index contributed by atoms with van der Waals surface area (Å²) in [5, 5.41) is 3.57. The van der Waals surface area contributed by atoms with Crippen molar-refractivity contribution in [1.82, 2.24) is 5.32 Å². The van der Waals surface area contributed by atoms with Gasteiger partial charge >= 0.3 is 0 Å². The van der Waals surface area contributed by atoms with Crippen molar-refractivity contribution in [3.63, 3.8) is 0 Å². The molecule has 0 bridgehead atoms. The molecule has 0 amide bonds. The van der Waals surface area contributed by atoms with Gasteiger partial charge in [-0.1, -0.05) is 26.0 Å². The third kappa shape index (κ3) is 3.97. The number of hydrogen-bond donors (Lipinski definition) is 1. The highest BCUT2D eigenvalue weighted by molar-refractivity contribution is 5.36.